The minimum atomic E-state index is -0.120. The normalized spacial score (nSPS) is 16.7. The minimum Gasteiger partial charge on any atom is -0.497 e. The van der Waals surface area contributed by atoms with Gasteiger partial charge in [0.15, 0.2) is 11.5 Å². The van der Waals surface area contributed by atoms with Crippen LogP contribution in [0.2, 0.25) is 0 Å². The molecular weight excluding hydrogens is 206 g/mol. The number of nitrogens with two attached hydrogens (primary N) is 1. The van der Waals surface area contributed by atoms with Gasteiger partial charge in [-0.05, 0) is 25.0 Å². The fourth-order valence-corrected chi connectivity index (χ4v) is 1.42. The minimum absolute atomic E-state index is 0.120. The van der Waals surface area contributed by atoms with Gasteiger partial charge in [0, 0.05) is 6.07 Å². The Morgan fingerprint density at radius 2 is 1.94 bits per heavy atom. The van der Waals surface area contributed by atoms with Gasteiger partial charge in [0.2, 0.25) is 0 Å². The summed E-state index contributed by atoms with van der Waals surface area (Å²) in [5.74, 6) is 2.13. The Bertz CT molecular complexity index is 375. The van der Waals surface area contributed by atoms with Crippen molar-refractivity contribution in [3.05, 3.63) is 18.2 Å². The highest BCUT2D eigenvalue weighted by Crippen LogP contribution is 2.36. The summed E-state index contributed by atoms with van der Waals surface area (Å²) < 4.78 is 16.0. The van der Waals surface area contributed by atoms with E-state index in [0.29, 0.717) is 18.1 Å². The van der Waals surface area contributed by atoms with E-state index in [-0.39, 0.29) is 5.54 Å². The number of hydrogen-bond acceptors (Lipinski definition) is 4. The molecule has 0 amide bonds. The maximum atomic E-state index is 5.95. The van der Waals surface area contributed by atoms with Crippen molar-refractivity contribution < 1.29 is 14.2 Å². The molecule has 0 atom stereocenters. The molecule has 0 radical (unpaired) electrons. The van der Waals surface area contributed by atoms with Crippen LogP contribution < -0.4 is 19.9 Å². The van der Waals surface area contributed by atoms with E-state index >= 15 is 0 Å². The number of methoxy groups -OCH3 is 2. The van der Waals surface area contributed by atoms with E-state index in [2.05, 4.69) is 0 Å². The number of benzene rings is 1. The molecule has 1 aromatic rings. The fraction of sp³-hybridized carbons (Fsp3) is 0.500. The summed E-state index contributed by atoms with van der Waals surface area (Å²) in [7, 11) is 3.23. The van der Waals surface area contributed by atoms with E-state index < -0.39 is 0 Å². The molecule has 88 valence electrons. The Morgan fingerprint density at radius 1 is 1.19 bits per heavy atom. The average molecular weight is 223 g/mol. The van der Waals surface area contributed by atoms with E-state index in [1.807, 2.05) is 12.1 Å². The molecule has 0 saturated heterocycles. The molecule has 0 bridgehead atoms. The van der Waals surface area contributed by atoms with Gasteiger partial charge in [-0.1, -0.05) is 0 Å². The van der Waals surface area contributed by atoms with E-state index in [4.69, 9.17) is 19.9 Å². The third kappa shape index (κ3) is 2.39. The molecular formula is C12H17NO3. The molecule has 1 saturated carbocycles. The number of rotatable bonds is 5. The standard InChI is InChI=1S/C12H17NO3/c1-14-9-3-4-10(11(7-9)15-2)16-8-12(13)5-6-12/h3-4,7H,5-6,8,13H2,1-2H3. The Morgan fingerprint density at radius 3 is 2.50 bits per heavy atom. The molecule has 1 aromatic carbocycles. The van der Waals surface area contributed by atoms with Crippen molar-refractivity contribution in [3.8, 4) is 17.2 Å². The highest BCUT2D eigenvalue weighted by molar-refractivity contribution is 5.45. The lowest BCUT2D eigenvalue weighted by molar-refractivity contribution is 0.263. The second-order valence-electron chi connectivity index (χ2n) is 4.17. The van der Waals surface area contributed by atoms with Gasteiger partial charge in [-0.2, -0.15) is 0 Å². The first-order valence-corrected chi connectivity index (χ1v) is 5.30. The molecule has 1 fully saturated rings. The van der Waals surface area contributed by atoms with Crippen LogP contribution in [0.15, 0.2) is 18.2 Å². The molecule has 4 heteroatoms. The number of hydrogen-bond donors (Lipinski definition) is 1. The molecule has 4 nitrogen and oxygen atoms in total. The van der Waals surface area contributed by atoms with Crippen molar-refractivity contribution in [2.24, 2.45) is 5.73 Å². The van der Waals surface area contributed by atoms with Gasteiger partial charge in [0.1, 0.15) is 12.4 Å². The van der Waals surface area contributed by atoms with Crippen LogP contribution in [0.5, 0.6) is 17.2 Å². The first-order valence-electron chi connectivity index (χ1n) is 5.30. The highest BCUT2D eigenvalue weighted by Gasteiger charge is 2.39. The molecule has 0 heterocycles. The summed E-state index contributed by atoms with van der Waals surface area (Å²) in [5.41, 5.74) is 5.83. The van der Waals surface area contributed by atoms with Gasteiger partial charge in [0.05, 0.1) is 19.8 Å². The van der Waals surface area contributed by atoms with Crippen molar-refractivity contribution in [1.82, 2.24) is 0 Å². The van der Waals surface area contributed by atoms with E-state index in [1.54, 1.807) is 20.3 Å². The second kappa shape index (κ2) is 4.22. The SMILES string of the molecule is COc1ccc(OCC2(N)CC2)c(OC)c1. The van der Waals surface area contributed by atoms with E-state index in [9.17, 15) is 0 Å². The fourth-order valence-electron chi connectivity index (χ4n) is 1.42. The van der Waals surface area contributed by atoms with Gasteiger partial charge in [-0.3, -0.25) is 0 Å². The van der Waals surface area contributed by atoms with Gasteiger partial charge in [-0.25, -0.2) is 0 Å². The smallest absolute Gasteiger partial charge is 0.164 e. The largest absolute Gasteiger partial charge is 0.497 e. The average Bonchev–Trinajstić information content (AvgIpc) is 3.05. The van der Waals surface area contributed by atoms with Crippen LogP contribution in [0.4, 0.5) is 0 Å². The van der Waals surface area contributed by atoms with Crippen LogP contribution in [0.3, 0.4) is 0 Å². The lowest BCUT2D eigenvalue weighted by Gasteiger charge is -2.14. The van der Waals surface area contributed by atoms with Crippen molar-refractivity contribution in [1.29, 1.82) is 0 Å². The summed E-state index contributed by atoms with van der Waals surface area (Å²) in [6.45, 7) is 0.537. The van der Waals surface area contributed by atoms with Gasteiger partial charge in [0.25, 0.3) is 0 Å². The molecule has 1 aliphatic carbocycles. The van der Waals surface area contributed by atoms with Crippen molar-refractivity contribution in [2.45, 2.75) is 18.4 Å². The van der Waals surface area contributed by atoms with E-state index in [0.717, 1.165) is 18.6 Å². The predicted molar refractivity (Wildman–Crippen MR) is 61.2 cm³/mol. The Hall–Kier alpha value is -1.42. The van der Waals surface area contributed by atoms with Crippen LogP contribution in [-0.4, -0.2) is 26.4 Å². The Labute approximate surface area is 95.3 Å². The molecule has 1 aliphatic rings. The van der Waals surface area contributed by atoms with Crippen LogP contribution in [-0.2, 0) is 0 Å². The molecule has 0 spiro atoms. The predicted octanol–water partition coefficient (Wildman–Crippen LogP) is 1.57. The highest BCUT2D eigenvalue weighted by atomic mass is 16.5. The van der Waals surface area contributed by atoms with Crippen molar-refractivity contribution in [3.63, 3.8) is 0 Å². The maximum absolute atomic E-state index is 5.95. The first-order chi connectivity index (χ1) is 7.67. The number of ether oxygens (including phenoxy) is 3. The molecule has 2 rings (SSSR count). The summed E-state index contributed by atoms with van der Waals surface area (Å²) in [6, 6.07) is 5.47. The van der Waals surface area contributed by atoms with Crippen LogP contribution >= 0.6 is 0 Å². The third-order valence-corrected chi connectivity index (χ3v) is 2.78. The Kier molecular flexibility index (Phi) is 2.92. The van der Waals surface area contributed by atoms with Gasteiger partial charge < -0.3 is 19.9 Å². The Balaban J connectivity index is 2.07. The first kappa shape index (κ1) is 11.1. The zero-order valence-electron chi connectivity index (χ0n) is 9.66. The molecule has 0 unspecified atom stereocenters. The topological polar surface area (TPSA) is 53.7 Å². The van der Waals surface area contributed by atoms with Crippen LogP contribution in [0.1, 0.15) is 12.8 Å². The monoisotopic (exact) mass is 223 g/mol. The zero-order chi connectivity index (χ0) is 11.6. The quantitative estimate of drug-likeness (QED) is 0.823. The summed E-state index contributed by atoms with van der Waals surface area (Å²) in [6.07, 6.45) is 2.07. The summed E-state index contributed by atoms with van der Waals surface area (Å²) >= 11 is 0. The second-order valence-corrected chi connectivity index (χ2v) is 4.17. The summed E-state index contributed by atoms with van der Waals surface area (Å²) in [4.78, 5) is 0. The molecule has 0 aliphatic heterocycles. The molecule has 16 heavy (non-hydrogen) atoms. The lowest BCUT2D eigenvalue weighted by atomic mass is 10.3. The van der Waals surface area contributed by atoms with Crippen molar-refractivity contribution in [2.75, 3.05) is 20.8 Å². The van der Waals surface area contributed by atoms with Gasteiger partial charge >= 0.3 is 0 Å². The molecule has 0 aromatic heterocycles. The lowest BCUT2D eigenvalue weighted by Crippen LogP contribution is -2.29. The van der Waals surface area contributed by atoms with Crippen molar-refractivity contribution >= 4 is 0 Å². The zero-order valence-corrected chi connectivity index (χ0v) is 9.66. The van der Waals surface area contributed by atoms with E-state index in [1.165, 1.54) is 0 Å². The van der Waals surface area contributed by atoms with Crippen LogP contribution in [0, 0.1) is 0 Å². The molecule has 2 N–H and O–H groups in total. The van der Waals surface area contributed by atoms with Crippen LogP contribution in [0.25, 0.3) is 0 Å². The summed E-state index contributed by atoms with van der Waals surface area (Å²) in [5, 5.41) is 0. The van der Waals surface area contributed by atoms with Gasteiger partial charge in [-0.15, -0.1) is 0 Å². The maximum Gasteiger partial charge on any atom is 0.164 e. The third-order valence-electron chi connectivity index (χ3n) is 2.78.